The molecule has 0 radical (unpaired) electrons. The molecule has 1 heterocycles. The second kappa shape index (κ2) is 5.40. The van der Waals surface area contributed by atoms with Crippen LogP contribution in [0.4, 0.5) is 14.6 Å². The number of rotatable bonds is 3. The van der Waals surface area contributed by atoms with E-state index in [2.05, 4.69) is 9.97 Å². The Kier molecular flexibility index (Phi) is 3.83. The van der Waals surface area contributed by atoms with Crippen LogP contribution in [-0.4, -0.2) is 9.97 Å². The van der Waals surface area contributed by atoms with Crippen molar-refractivity contribution in [3.05, 3.63) is 41.2 Å². The highest BCUT2D eigenvalue weighted by atomic mass is 19.2. The summed E-state index contributed by atoms with van der Waals surface area (Å²) in [5.74, 6) is -1.36. The molecule has 106 valence electrons. The van der Waals surface area contributed by atoms with E-state index in [0.717, 1.165) is 6.07 Å². The molecule has 0 spiro atoms. The van der Waals surface area contributed by atoms with Gasteiger partial charge in [0.15, 0.2) is 11.6 Å². The van der Waals surface area contributed by atoms with Crippen LogP contribution in [0.1, 0.15) is 31.2 Å². The molecule has 0 saturated carbocycles. The Labute approximate surface area is 115 Å². The smallest absolute Gasteiger partial charge is 0.227 e. The molecule has 0 aliphatic heterocycles. The van der Waals surface area contributed by atoms with E-state index in [1.807, 2.05) is 13.8 Å². The van der Waals surface area contributed by atoms with Crippen LogP contribution < -0.4 is 10.5 Å². The molecule has 6 heteroatoms. The standard InChI is InChI=1S/C14H15F2N3O/c1-7(2)13-18-12(17)8(3)14(19-13)20-10-6-4-5-9(15)11(10)16/h4-7H,1-3H3,(H2,17,18,19). The molecule has 0 fully saturated rings. The quantitative estimate of drug-likeness (QED) is 0.933. The fraction of sp³-hybridized carbons (Fsp3) is 0.286. The zero-order chi connectivity index (χ0) is 14.9. The van der Waals surface area contributed by atoms with Crippen molar-refractivity contribution in [2.45, 2.75) is 26.7 Å². The number of hydrogen-bond donors (Lipinski definition) is 1. The molecule has 2 N–H and O–H groups in total. The van der Waals surface area contributed by atoms with Gasteiger partial charge in [0.2, 0.25) is 11.7 Å². The SMILES string of the molecule is Cc1c(N)nc(C(C)C)nc1Oc1cccc(F)c1F. The number of benzene rings is 1. The molecular formula is C14H15F2N3O. The number of aromatic nitrogens is 2. The fourth-order valence-electron chi connectivity index (χ4n) is 1.55. The molecule has 2 rings (SSSR count). The summed E-state index contributed by atoms with van der Waals surface area (Å²) in [4.78, 5) is 8.33. The molecule has 20 heavy (non-hydrogen) atoms. The van der Waals surface area contributed by atoms with Crippen LogP contribution >= 0.6 is 0 Å². The number of ether oxygens (including phenoxy) is 1. The summed E-state index contributed by atoms with van der Waals surface area (Å²) >= 11 is 0. The second-order valence-electron chi connectivity index (χ2n) is 4.71. The molecule has 0 unspecified atom stereocenters. The monoisotopic (exact) mass is 279 g/mol. The van der Waals surface area contributed by atoms with Gasteiger partial charge in [0, 0.05) is 5.92 Å². The first kappa shape index (κ1) is 14.2. The van der Waals surface area contributed by atoms with Crippen LogP contribution in [0.2, 0.25) is 0 Å². The predicted molar refractivity (Wildman–Crippen MR) is 71.7 cm³/mol. The predicted octanol–water partition coefficient (Wildman–Crippen LogP) is 3.56. The number of halogens is 2. The lowest BCUT2D eigenvalue weighted by Gasteiger charge is -2.13. The maximum absolute atomic E-state index is 13.6. The second-order valence-corrected chi connectivity index (χ2v) is 4.71. The Bertz CT molecular complexity index is 645. The Morgan fingerprint density at radius 2 is 1.90 bits per heavy atom. The van der Waals surface area contributed by atoms with Gasteiger partial charge in [-0.25, -0.2) is 9.37 Å². The average molecular weight is 279 g/mol. The molecule has 0 aliphatic carbocycles. The van der Waals surface area contributed by atoms with Crippen molar-refractivity contribution in [2.75, 3.05) is 5.73 Å². The first-order chi connectivity index (χ1) is 9.40. The fourth-order valence-corrected chi connectivity index (χ4v) is 1.55. The molecule has 0 aliphatic rings. The van der Waals surface area contributed by atoms with Gasteiger partial charge >= 0.3 is 0 Å². The van der Waals surface area contributed by atoms with Crippen molar-refractivity contribution in [3.8, 4) is 11.6 Å². The van der Waals surface area contributed by atoms with Crippen LogP contribution in [-0.2, 0) is 0 Å². The van der Waals surface area contributed by atoms with E-state index < -0.39 is 11.6 Å². The molecule has 0 bridgehead atoms. The van der Waals surface area contributed by atoms with E-state index in [1.54, 1.807) is 6.92 Å². The normalized spacial score (nSPS) is 10.9. The Hall–Kier alpha value is -2.24. The Morgan fingerprint density at radius 1 is 1.20 bits per heavy atom. The van der Waals surface area contributed by atoms with Crippen molar-refractivity contribution in [3.63, 3.8) is 0 Å². The minimum absolute atomic E-state index is 0.0395. The molecule has 4 nitrogen and oxygen atoms in total. The zero-order valence-electron chi connectivity index (χ0n) is 11.4. The molecule has 1 aromatic heterocycles. The van der Waals surface area contributed by atoms with Gasteiger partial charge in [-0.15, -0.1) is 0 Å². The van der Waals surface area contributed by atoms with Crippen molar-refractivity contribution < 1.29 is 13.5 Å². The molecule has 0 atom stereocenters. The topological polar surface area (TPSA) is 61.0 Å². The van der Waals surface area contributed by atoms with Gasteiger partial charge in [-0.05, 0) is 19.1 Å². The lowest BCUT2D eigenvalue weighted by molar-refractivity contribution is 0.400. The number of nitrogens with two attached hydrogens (primary N) is 1. The summed E-state index contributed by atoms with van der Waals surface area (Å²) in [7, 11) is 0. The van der Waals surface area contributed by atoms with E-state index in [9.17, 15) is 8.78 Å². The average Bonchev–Trinajstić information content (AvgIpc) is 2.39. The molecule has 0 saturated heterocycles. The lowest BCUT2D eigenvalue weighted by Crippen LogP contribution is -2.06. The summed E-state index contributed by atoms with van der Waals surface area (Å²) in [6.45, 7) is 5.46. The van der Waals surface area contributed by atoms with Crippen molar-refractivity contribution in [1.82, 2.24) is 9.97 Å². The number of hydrogen-bond acceptors (Lipinski definition) is 4. The van der Waals surface area contributed by atoms with Gasteiger partial charge in [0.25, 0.3) is 0 Å². The molecular weight excluding hydrogens is 264 g/mol. The first-order valence-corrected chi connectivity index (χ1v) is 6.16. The summed E-state index contributed by atoms with van der Waals surface area (Å²) in [6.07, 6.45) is 0. The van der Waals surface area contributed by atoms with E-state index in [0.29, 0.717) is 11.4 Å². The van der Waals surface area contributed by atoms with Crippen LogP contribution in [0, 0.1) is 18.6 Å². The summed E-state index contributed by atoms with van der Waals surface area (Å²) in [5.41, 5.74) is 6.27. The summed E-state index contributed by atoms with van der Waals surface area (Å²) < 4.78 is 32.1. The largest absolute Gasteiger partial charge is 0.435 e. The zero-order valence-corrected chi connectivity index (χ0v) is 11.4. The van der Waals surface area contributed by atoms with Gasteiger partial charge in [-0.3, -0.25) is 0 Å². The Balaban J connectivity index is 2.45. The van der Waals surface area contributed by atoms with Crippen molar-refractivity contribution in [1.29, 1.82) is 0 Å². The van der Waals surface area contributed by atoms with E-state index in [1.165, 1.54) is 12.1 Å². The number of nitrogen functional groups attached to an aromatic ring is 1. The maximum atomic E-state index is 13.6. The molecule has 2 aromatic rings. The van der Waals surface area contributed by atoms with Gasteiger partial charge in [-0.2, -0.15) is 9.37 Å². The van der Waals surface area contributed by atoms with Gasteiger partial charge < -0.3 is 10.5 Å². The lowest BCUT2D eigenvalue weighted by atomic mass is 10.2. The van der Waals surface area contributed by atoms with Crippen LogP contribution in [0.25, 0.3) is 0 Å². The third kappa shape index (κ3) is 2.68. The van der Waals surface area contributed by atoms with Gasteiger partial charge in [0.05, 0.1) is 5.56 Å². The van der Waals surface area contributed by atoms with Crippen molar-refractivity contribution in [2.24, 2.45) is 0 Å². The third-order valence-corrected chi connectivity index (χ3v) is 2.80. The van der Waals surface area contributed by atoms with Crippen LogP contribution in [0.15, 0.2) is 18.2 Å². The number of nitrogens with zero attached hydrogens (tertiary/aromatic N) is 2. The van der Waals surface area contributed by atoms with E-state index in [4.69, 9.17) is 10.5 Å². The molecule has 1 aromatic carbocycles. The minimum Gasteiger partial charge on any atom is -0.435 e. The Morgan fingerprint density at radius 3 is 2.55 bits per heavy atom. The highest BCUT2D eigenvalue weighted by Gasteiger charge is 2.16. The number of anilines is 1. The van der Waals surface area contributed by atoms with E-state index in [-0.39, 0.29) is 23.4 Å². The van der Waals surface area contributed by atoms with Crippen molar-refractivity contribution >= 4 is 5.82 Å². The van der Waals surface area contributed by atoms with Gasteiger partial charge in [-0.1, -0.05) is 19.9 Å². The van der Waals surface area contributed by atoms with E-state index >= 15 is 0 Å². The highest BCUT2D eigenvalue weighted by Crippen LogP contribution is 2.29. The minimum atomic E-state index is -1.06. The van der Waals surface area contributed by atoms with Crippen LogP contribution in [0.3, 0.4) is 0 Å². The molecule has 0 amide bonds. The summed E-state index contributed by atoms with van der Waals surface area (Å²) in [6, 6.07) is 3.70. The first-order valence-electron chi connectivity index (χ1n) is 6.16. The highest BCUT2D eigenvalue weighted by molar-refractivity contribution is 5.46. The maximum Gasteiger partial charge on any atom is 0.227 e. The third-order valence-electron chi connectivity index (χ3n) is 2.80. The summed E-state index contributed by atoms with van der Waals surface area (Å²) in [5, 5.41) is 0. The van der Waals surface area contributed by atoms with Crippen LogP contribution in [0.5, 0.6) is 11.6 Å². The van der Waals surface area contributed by atoms with Gasteiger partial charge in [0.1, 0.15) is 11.6 Å².